The molecule has 6 heteroatoms. The van der Waals surface area contributed by atoms with Crippen molar-refractivity contribution in [3.05, 3.63) is 85.1 Å². The van der Waals surface area contributed by atoms with Crippen molar-refractivity contribution in [2.45, 2.75) is 348 Å². The van der Waals surface area contributed by atoms with Crippen molar-refractivity contribution in [3.63, 3.8) is 0 Å². The molecule has 79 heavy (non-hydrogen) atoms. The topological polar surface area (TPSA) is 78.9 Å². The molecule has 6 nitrogen and oxygen atoms in total. The van der Waals surface area contributed by atoms with Gasteiger partial charge in [-0.3, -0.25) is 14.4 Å². The average Bonchev–Trinajstić information content (AvgIpc) is 3.45. The summed E-state index contributed by atoms with van der Waals surface area (Å²) in [6.45, 7) is 6.43. The molecule has 1 unspecified atom stereocenters. The second kappa shape index (κ2) is 67.1. The standard InChI is InChI=1S/C73H128O6/c1-4-7-10-13-16-19-22-25-27-29-31-33-35-36-38-39-41-43-45-48-51-54-57-60-63-66-72(75)78-69-70(68-77-71(74)65-62-59-56-53-50-47-24-21-18-15-12-9-6-3)79-73(76)67-64-61-58-55-52-49-46-44-42-40-37-34-32-30-28-26-23-20-17-14-11-8-5-2/h8-9,11-12,17-18,20-21,26,28,32,34,47,50,70H,4-7,10,13-16,19,22-25,27,29-31,33,35-46,48-49,51-69H2,1-3H3/b11-8-,12-9-,20-17-,21-18-,28-26-,34-32-,50-47-. The SMILES string of the molecule is CC/C=C\C/C=C\C/C=C\C/C=C\CCCCCCCCCCCCC(=O)OC(COC(=O)CCCCC/C=C\C/C=C\C/C=C\CC)COC(=O)CCCCCCCCCCCCCCCCCCCCCCCCCCC. The highest BCUT2D eigenvalue weighted by molar-refractivity contribution is 5.71. The van der Waals surface area contributed by atoms with Crippen LogP contribution in [0.3, 0.4) is 0 Å². The minimum atomic E-state index is -0.791. The fourth-order valence-corrected chi connectivity index (χ4v) is 9.86. The van der Waals surface area contributed by atoms with Gasteiger partial charge >= 0.3 is 17.9 Å². The molecule has 0 bridgehead atoms. The van der Waals surface area contributed by atoms with E-state index in [1.54, 1.807) is 0 Å². The fraction of sp³-hybridized carbons (Fsp3) is 0.767. The Labute approximate surface area is 490 Å². The van der Waals surface area contributed by atoms with Crippen molar-refractivity contribution in [1.82, 2.24) is 0 Å². The number of esters is 3. The zero-order chi connectivity index (χ0) is 57.1. The number of ether oxygens (including phenoxy) is 3. The summed E-state index contributed by atoms with van der Waals surface area (Å²) in [6, 6.07) is 0. The first kappa shape index (κ1) is 75.6. The lowest BCUT2D eigenvalue weighted by Crippen LogP contribution is -2.30. The van der Waals surface area contributed by atoms with Crippen molar-refractivity contribution in [2.75, 3.05) is 13.2 Å². The number of hydrogen-bond acceptors (Lipinski definition) is 6. The first-order chi connectivity index (χ1) is 39.0. The van der Waals surface area contributed by atoms with Crippen molar-refractivity contribution in [2.24, 2.45) is 0 Å². The number of allylic oxidation sites excluding steroid dienone is 14. The molecule has 456 valence electrons. The largest absolute Gasteiger partial charge is 0.462 e. The molecule has 0 rings (SSSR count). The van der Waals surface area contributed by atoms with Crippen molar-refractivity contribution in [1.29, 1.82) is 0 Å². The van der Waals surface area contributed by atoms with Gasteiger partial charge in [0.05, 0.1) is 0 Å². The molecule has 0 radical (unpaired) electrons. The van der Waals surface area contributed by atoms with Crippen LogP contribution in [0.15, 0.2) is 85.1 Å². The number of hydrogen-bond donors (Lipinski definition) is 0. The Balaban J connectivity index is 4.28. The Morgan fingerprint density at radius 2 is 0.494 bits per heavy atom. The van der Waals surface area contributed by atoms with Crippen LogP contribution in [0.25, 0.3) is 0 Å². The van der Waals surface area contributed by atoms with E-state index in [0.717, 1.165) is 109 Å². The lowest BCUT2D eigenvalue weighted by molar-refractivity contribution is -0.167. The van der Waals surface area contributed by atoms with Crippen molar-refractivity contribution >= 4 is 17.9 Å². The lowest BCUT2D eigenvalue weighted by atomic mass is 10.0. The van der Waals surface area contributed by atoms with E-state index in [0.29, 0.717) is 19.3 Å². The van der Waals surface area contributed by atoms with Gasteiger partial charge in [0.1, 0.15) is 13.2 Å². The first-order valence-corrected chi connectivity index (χ1v) is 34.1. The molecule has 0 heterocycles. The molecule has 0 aliphatic rings. The smallest absolute Gasteiger partial charge is 0.306 e. The molecule has 0 aliphatic carbocycles. The molecule has 0 aromatic rings. The monoisotopic (exact) mass is 1100 g/mol. The Kier molecular flexibility index (Phi) is 64.2. The van der Waals surface area contributed by atoms with Gasteiger partial charge in [-0.25, -0.2) is 0 Å². The summed E-state index contributed by atoms with van der Waals surface area (Å²) < 4.78 is 16.9. The van der Waals surface area contributed by atoms with Gasteiger partial charge in [-0.15, -0.1) is 0 Å². The van der Waals surface area contributed by atoms with E-state index in [1.807, 2.05) is 0 Å². The van der Waals surface area contributed by atoms with Crippen LogP contribution in [-0.4, -0.2) is 37.2 Å². The zero-order valence-electron chi connectivity index (χ0n) is 52.4. The highest BCUT2D eigenvalue weighted by Gasteiger charge is 2.19. The van der Waals surface area contributed by atoms with E-state index >= 15 is 0 Å². The number of carbonyl (C=O) groups excluding carboxylic acids is 3. The summed E-state index contributed by atoms with van der Waals surface area (Å²) in [5.74, 6) is -0.903. The van der Waals surface area contributed by atoms with Gasteiger partial charge < -0.3 is 14.2 Å². The van der Waals surface area contributed by atoms with Crippen LogP contribution in [0, 0.1) is 0 Å². The summed E-state index contributed by atoms with van der Waals surface area (Å²) in [7, 11) is 0. The van der Waals surface area contributed by atoms with Crippen LogP contribution in [0.5, 0.6) is 0 Å². The molecule has 0 aliphatic heterocycles. The van der Waals surface area contributed by atoms with Gasteiger partial charge in [0, 0.05) is 19.3 Å². The van der Waals surface area contributed by atoms with E-state index in [4.69, 9.17) is 14.2 Å². The quantitative estimate of drug-likeness (QED) is 0.0261. The third-order valence-electron chi connectivity index (χ3n) is 14.9. The van der Waals surface area contributed by atoms with Crippen LogP contribution in [0.1, 0.15) is 342 Å². The van der Waals surface area contributed by atoms with Crippen LogP contribution >= 0.6 is 0 Å². The molecular weight excluding hydrogens is 973 g/mol. The maximum atomic E-state index is 12.9. The van der Waals surface area contributed by atoms with E-state index in [9.17, 15) is 14.4 Å². The first-order valence-electron chi connectivity index (χ1n) is 34.1. The number of carbonyl (C=O) groups is 3. The molecule has 0 amide bonds. The predicted molar refractivity (Wildman–Crippen MR) is 344 cm³/mol. The Morgan fingerprint density at radius 1 is 0.266 bits per heavy atom. The molecule has 0 aromatic heterocycles. The highest BCUT2D eigenvalue weighted by atomic mass is 16.6. The van der Waals surface area contributed by atoms with Gasteiger partial charge in [0.15, 0.2) is 6.10 Å². The Morgan fingerprint density at radius 3 is 0.785 bits per heavy atom. The van der Waals surface area contributed by atoms with Crippen molar-refractivity contribution < 1.29 is 28.6 Å². The molecule has 0 saturated heterocycles. The van der Waals surface area contributed by atoms with Gasteiger partial charge in [-0.05, 0) is 89.9 Å². The van der Waals surface area contributed by atoms with E-state index in [2.05, 4.69) is 106 Å². The lowest BCUT2D eigenvalue weighted by Gasteiger charge is -2.18. The van der Waals surface area contributed by atoms with E-state index in [-0.39, 0.29) is 31.1 Å². The van der Waals surface area contributed by atoms with Gasteiger partial charge in [-0.1, -0.05) is 318 Å². The van der Waals surface area contributed by atoms with E-state index in [1.165, 1.54) is 193 Å². The van der Waals surface area contributed by atoms with Crippen LogP contribution in [-0.2, 0) is 28.6 Å². The molecule has 0 N–H and O–H groups in total. The number of unbranched alkanes of at least 4 members (excludes halogenated alkanes) is 37. The minimum absolute atomic E-state index is 0.0846. The van der Waals surface area contributed by atoms with Gasteiger partial charge in [0.25, 0.3) is 0 Å². The molecular formula is C73H128O6. The van der Waals surface area contributed by atoms with Crippen molar-refractivity contribution in [3.8, 4) is 0 Å². The second-order valence-electron chi connectivity index (χ2n) is 22.7. The average molecular weight is 1100 g/mol. The summed E-state index contributed by atoms with van der Waals surface area (Å²) in [5, 5.41) is 0. The Hall–Kier alpha value is -3.41. The van der Waals surface area contributed by atoms with Crippen LogP contribution in [0.2, 0.25) is 0 Å². The third kappa shape index (κ3) is 65.3. The summed E-state index contributed by atoms with van der Waals surface area (Å²) in [6.07, 6.45) is 89.0. The summed E-state index contributed by atoms with van der Waals surface area (Å²) in [4.78, 5) is 38.4. The van der Waals surface area contributed by atoms with E-state index < -0.39 is 6.10 Å². The summed E-state index contributed by atoms with van der Waals surface area (Å²) >= 11 is 0. The molecule has 0 saturated carbocycles. The van der Waals surface area contributed by atoms with Crippen LogP contribution in [0.4, 0.5) is 0 Å². The fourth-order valence-electron chi connectivity index (χ4n) is 9.86. The third-order valence-corrected chi connectivity index (χ3v) is 14.9. The van der Waals surface area contributed by atoms with Crippen LogP contribution < -0.4 is 0 Å². The number of rotatable bonds is 62. The highest BCUT2D eigenvalue weighted by Crippen LogP contribution is 2.18. The predicted octanol–water partition coefficient (Wildman–Crippen LogP) is 23.4. The maximum Gasteiger partial charge on any atom is 0.306 e. The minimum Gasteiger partial charge on any atom is -0.462 e. The molecule has 0 spiro atoms. The normalized spacial score (nSPS) is 12.6. The molecule has 0 aromatic carbocycles. The maximum absolute atomic E-state index is 12.9. The second-order valence-corrected chi connectivity index (χ2v) is 22.7. The summed E-state index contributed by atoms with van der Waals surface area (Å²) in [5.41, 5.74) is 0. The van der Waals surface area contributed by atoms with Gasteiger partial charge in [-0.2, -0.15) is 0 Å². The Bertz CT molecular complexity index is 1500. The molecule has 1 atom stereocenters. The molecule has 0 fully saturated rings. The van der Waals surface area contributed by atoms with Gasteiger partial charge in [0.2, 0.25) is 0 Å². The zero-order valence-corrected chi connectivity index (χ0v) is 52.4.